The molecule has 1 saturated carbocycles. The van der Waals surface area contributed by atoms with Gasteiger partial charge in [0.05, 0.1) is 5.69 Å². The van der Waals surface area contributed by atoms with Gasteiger partial charge in [0.15, 0.2) is 5.96 Å². The molecule has 0 aromatic carbocycles. The first kappa shape index (κ1) is 19.7. The van der Waals surface area contributed by atoms with E-state index in [-0.39, 0.29) is 23.8 Å². The maximum Gasteiger partial charge on any atom is 0.329 e. The van der Waals surface area contributed by atoms with Crippen molar-refractivity contribution in [1.82, 2.24) is 19.8 Å². The van der Waals surface area contributed by atoms with E-state index in [0.717, 1.165) is 31.1 Å². The predicted octanol–water partition coefficient (Wildman–Crippen LogP) is 1.79. The van der Waals surface area contributed by atoms with E-state index in [4.69, 9.17) is 11.1 Å². The van der Waals surface area contributed by atoms with Crippen LogP contribution in [-0.4, -0.2) is 53.0 Å². The monoisotopic (exact) mass is 385 g/mol. The van der Waals surface area contributed by atoms with Crippen LogP contribution in [0.5, 0.6) is 0 Å². The Morgan fingerprint density at radius 2 is 2.00 bits per heavy atom. The van der Waals surface area contributed by atoms with E-state index < -0.39 is 0 Å². The van der Waals surface area contributed by atoms with Gasteiger partial charge in [0.25, 0.3) is 0 Å². The minimum Gasteiger partial charge on any atom is -0.370 e. The van der Waals surface area contributed by atoms with Crippen molar-refractivity contribution in [2.24, 2.45) is 17.6 Å². The van der Waals surface area contributed by atoms with Gasteiger partial charge in [0.2, 0.25) is 5.91 Å². The van der Waals surface area contributed by atoms with Crippen LogP contribution < -0.4 is 16.4 Å². The van der Waals surface area contributed by atoms with Gasteiger partial charge < -0.3 is 21.3 Å². The van der Waals surface area contributed by atoms with Crippen LogP contribution in [0.2, 0.25) is 0 Å². The normalized spacial score (nSPS) is 19.2. The number of pyridine rings is 1. The second-order valence-corrected chi connectivity index (χ2v) is 7.46. The Morgan fingerprint density at radius 1 is 1.29 bits per heavy atom. The predicted molar refractivity (Wildman–Crippen MR) is 108 cm³/mol. The summed E-state index contributed by atoms with van der Waals surface area (Å²) in [6, 6.07) is 3.36. The second kappa shape index (κ2) is 8.28. The number of carbonyl (C=O) groups is 2. The molecule has 2 heterocycles. The number of nitrogens with two attached hydrogens (primary N) is 1. The summed E-state index contributed by atoms with van der Waals surface area (Å²) in [5, 5.41) is 13.8. The van der Waals surface area contributed by atoms with Crippen LogP contribution in [0.15, 0.2) is 24.5 Å². The third-order valence-corrected chi connectivity index (χ3v) is 5.23. The highest BCUT2D eigenvalue weighted by Gasteiger charge is 2.27. The molecule has 28 heavy (non-hydrogen) atoms. The minimum absolute atomic E-state index is 0.00263. The average molecular weight is 385 g/mol. The van der Waals surface area contributed by atoms with Gasteiger partial charge in [-0.3, -0.25) is 14.8 Å². The van der Waals surface area contributed by atoms with Crippen molar-refractivity contribution in [2.75, 3.05) is 26.0 Å². The SMILES string of the molecule is CN(C)C(=O)n1ccc2c(NC(=O)C3CCC(CNC(=N)N)CC3)ccnc21. The van der Waals surface area contributed by atoms with Gasteiger partial charge in [0.1, 0.15) is 5.65 Å². The highest BCUT2D eigenvalue weighted by atomic mass is 16.2. The molecule has 1 aliphatic carbocycles. The van der Waals surface area contributed by atoms with Crippen molar-refractivity contribution in [1.29, 1.82) is 5.41 Å². The number of carbonyl (C=O) groups excluding carboxylic acids is 2. The molecule has 0 atom stereocenters. The van der Waals surface area contributed by atoms with E-state index in [1.54, 1.807) is 38.6 Å². The molecule has 3 rings (SSSR count). The molecule has 2 aromatic rings. The molecule has 150 valence electrons. The van der Waals surface area contributed by atoms with Crippen LogP contribution in [0.25, 0.3) is 11.0 Å². The summed E-state index contributed by atoms with van der Waals surface area (Å²) >= 11 is 0. The fourth-order valence-corrected chi connectivity index (χ4v) is 3.63. The van der Waals surface area contributed by atoms with Crippen molar-refractivity contribution in [3.8, 4) is 0 Å². The van der Waals surface area contributed by atoms with E-state index >= 15 is 0 Å². The summed E-state index contributed by atoms with van der Waals surface area (Å²) in [7, 11) is 3.37. The first-order valence-corrected chi connectivity index (χ1v) is 9.43. The first-order chi connectivity index (χ1) is 13.4. The minimum atomic E-state index is -0.191. The first-order valence-electron chi connectivity index (χ1n) is 9.43. The molecule has 0 radical (unpaired) electrons. The van der Waals surface area contributed by atoms with Crippen LogP contribution in [0.1, 0.15) is 25.7 Å². The van der Waals surface area contributed by atoms with E-state index in [2.05, 4.69) is 15.6 Å². The number of anilines is 1. The summed E-state index contributed by atoms with van der Waals surface area (Å²) in [6.07, 6.45) is 6.75. The maximum absolute atomic E-state index is 12.7. The Hall–Kier alpha value is -3.10. The molecule has 1 aliphatic rings. The fourth-order valence-electron chi connectivity index (χ4n) is 3.63. The molecule has 2 aromatic heterocycles. The molecule has 0 saturated heterocycles. The second-order valence-electron chi connectivity index (χ2n) is 7.46. The van der Waals surface area contributed by atoms with Gasteiger partial charge in [-0.25, -0.2) is 9.78 Å². The number of hydrogen-bond donors (Lipinski definition) is 4. The Bertz CT molecular complexity index is 882. The fraction of sp³-hybridized carbons (Fsp3) is 0.474. The number of amides is 2. The summed E-state index contributed by atoms with van der Waals surface area (Å²) < 4.78 is 1.47. The zero-order chi connectivity index (χ0) is 20.3. The number of hydrogen-bond acceptors (Lipinski definition) is 4. The third kappa shape index (κ3) is 4.24. The summed E-state index contributed by atoms with van der Waals surface area (Å²) in [4.78, 5) is 30.8. The van der Waals surface area contributed by atoms with E-state index in [0.29, 0.717) is 23.8 Å². The Labute approximate surface area is 163 Å². The van der Waals surface area contributed by atoms with Crippen molar-refractivity contribution in [2.45, 2.75) is 25.7 Å². The number of rotatable bonds is 4. The molecule has 0 bridgehead atoms. The quantitative estimate of drug-likeness (QED) is 0.471. The largest absolute Gasteiger partial charge is 0.370 e. The lowest BCUT2D eigenvalue weighted by Crippen LogP contribution is -2.36. The van der Waals surface area contributed by atoms with Crippen LogP contribution in [0.3, 0.4) is 0 Å². The zero-order valence-corrected chi connectivity index (χ0v) is 16.2. The molecule has 0 unspecified atom stereocenters. The lowest BCUT2D eigenvalue weighted by Gasteiger charge is -2.28. The summed E-state index contributed by atoms with van der Waals surface area (Å²) in [5.74, 6) is 0.382. The summed E-state index contributed by atoms with van der Waals surface area (Å²) in [5.41, 5.74) is 6.52. The van der Waals surface area contributed by atoms with Gasteiger partial charge in [-0.1, -0.05) is 0 Å². The van der Waals surface area contributed by atoms with Gasteiger partial charge in [0, 0.05) is 44.3 Å². The van der Waals surface area contributed by atoms with Crippen LogP contribution >= 0.6 is 0 Å². The van der Waals surface area contributed by atoms with Crippen LogP contribution in [0.4, 0.5) is 10.5 Å². The lowest BCUT2D eigenvalue weighted by molar-refractivity contribution is -0.121. The number of guanidine groups is 1. The topological polar surface area (TPSA) is 129 Å². The molecular formula is C19H27N7O2. The molecule has 0 spiro atoms. The highest BCUT2D eigenvalue weighted by Crippen LogP contribution is 2.30. The van der Waals surface area contributed by atoms with Crippen LogP contribution in [-0.2, 0) is 4.79 Å². The number of aromatic nitrogens is 2. The molecule has 9 heteroatoms. The zero-order valence-electron chi connectivity index (χ0n) is 16.2. The smallest absolute Gasteiger partial charge is 0.329 e. The van der Waals surface area contributed by atoms with Crippen molar-refractivity contribution >= 4 is 34.6 Å². The lowest BCUT2D eigenvalue weighted by atomic mass is 9.81. The van der Waals surface area contributed by atoms with E-state index in [1.807, 2.05) is 0 Å². The average Bonchev–Trinajstić information content (AvgIpc) is 3.11. The Balaban J connectivity index is 1.66. The van der Waals surface area contributed by atoms with Crippen molar-refractivity contribution < 1.29 is 9.59 Å². The highest BCUT2D eigenvalue weighted by molar-refractivity contribution is 6.03. The third-order valence-electron chi connectivity index (χ3n) is 5.23. The molecule has 5 N–H and O–H groups in total. The standard InChI is InChI=1S/C19H27N7O2/c1-25(2)19(28)26-10-8-14-15(7-9-22-16(14)26)24-17(27)13-5-3-12(4-6-13)11-23-18(20)21/h7-10,12-13H,3-6,11H2,1-2H3,(H4,20,21,23)(H,22,24,27). The van der Waals surface area contributed by atoms with Crippen molar-refractivity contribution in [3.05, 3.63) is 24.5 Å². The van der Waals surface area contributed by atoms with E-state index in [9.17, 15) is 9.59 Å². The van der Waals surface area contributed by atoms with Gasteiger partial charge in [-0.15, -0.1) is 0 Å². The number of nitrogens with one attached hydrogen (secondary N) is 3. The van der Waals surface area contributed by atoms with Gasteiger partial charge in [-0.2, -0.15) is 0 Å². The number of nitrogens with zero attached hydrogens (tertiary/aromatic N) is 3. The van der Waals surface area contributed by atoms with Crippen molar-refractivity contribution in [3.63, 3.8) is 0 Å². The number of fused-ring (bicyclic) bond motifs is 1. The maximum atomic E-state index is 12.7. The van der Waals surface area contributed by atoms with E-state index in [1.165, 1.54) is 9.47 Å². The van der Waals surface area contributed by atoms with Gasteiger partial charge >= 0.3 is 6.03 Å². The molecular weight excluding hydrogens is 358 g/mol. The molecule has 1 fully saturated rings. The van der Waals surface area contributed by atoms with Gasteiger partial charge in [-0.05, 0) is 43.7 Å². The molecule has 9 nitrogen and oxygen atoms in total. The molecule has 2 amide bonds. The molecule has 0 aliphatic heterocycles. The Morgan fingerprint density at radius 3 is 2.64 bits per heavy atom. The Kier molecular flexibility index (Phi) is 5.81. The van der Waals surface area contributed by atoms with Crippen LogP contribution in [0, 0.1) is 17.2 Å². The summed E-state index contributed by atoms with van der Waals surface area (Å²) in [6.45, 7) is 0.683.